The Bertz CT molecular complexity index is 180. The molecule has 2 fully saturated rings. The average molecular weight is 170 g/mol. The molecule has 0 radical (unpaired) electrons. The van der Waals surface area contributed by atoms with Crippen molar-refractivity contribution in [1.82, 2.24) is 10.6 Å². The summed E-state index contributed by atoms with van der Waals surface area (Å²) in [5, 5.41) is 5.93. The Balaban J connectivity index is 1.63. The summed E-state index contributed by atoms with van der Waals surface area (Å²) in [7, 11) is 0. The lowest BCUT2D eigenvalue weighted by Gasteiger charge is -2.28. The van der Waals surface area contributed by atoms with Gasteiger partial charge in [0.05, 0.1) is 12.7 Å². The Kier molecular flexibility index (Phi) is 2.28. The molecule has 1 amide bonds. The molecule has 2 heterocycles. The van der Waals surface area contributed by atoms with Crippen molar-refractivity contribution in [2.24, 2.45) is 5.92 Å². The molecule has 12 heavy (non-hydrogen) atoms. The van der Waals surface area contributed by atoms with Gasteiger partial charge in [-0.2, -0.15) is 0 Å². The monoisotopic (exact) mass is 170 g/mol. The molecule has 0 spiro atoms. The SMILES string of the molecule is O=C1CC(COC2CNC2)CN1. The van der Waals surface area contributed by atoms with Crippen LogP contribution in [0.25, 0.3) is 0 Å². The molecule has 4 heteroatoms. The third-order valence-electron chi connectivity index (χ3n) is 2.37. The van der Waals surface area contributed by atoms with E-state index in [0.29, 0.717) is 18.4 Å². The van der Waals surface area contributed by atoms with Crippen LogP contribution in [-0.4, -0.2) is 38.3 Å². The van der Waals surface area contributed by atoms with Gasteiger partial charge >= 0.3 is 0 Å². The maximum Gasteiger partial charge on any atom is 0.220 e. The predicted molar refractivity (Wildman–Crippen MR) is 43.7 cm³/mol. The molecule has 2 saturated heterocycles. The molecule has 1 unspecified atom stereocenters. The standard InChI is InChI=1S/C8H14N2O2/c11-8-1-6(2-10-8)5-12-7-3-9-4-7/h6-7,9H,1-5H2,(H,10,11). The molecule has 1 atom stereocenters. The van der Waals surface area contributed by atoms with E-state index in [4.69, 9.17) is 4.74 Å². The minimum Gasteiger partial charge on any atom is -0.375 e. The topological polar surface area (TPSA) is 50.4 Å². The van der Waals surface area contributed by atoms with Gasteiger partial charge in [0.25, 0.3) is 0 Å². The lowest BCUT2D eigenvalue weighted by atomic mass is 10.1. The summed E-state index contributed by atoms with van der Waals surface area (Å²) in [6.45, 7) is 3.45. The van der Waals surface area contributed by atoms with Crippen molar-refractivity contribution in [3.8, 4) is 0 Å². The molecule has 0 saturated carbocycles. The van der Waals surface area contributed by atoms with E-state index in [1.54, 1.807) is 0 Å². The van der Waals surface area contributed by atoms with Gasteiger partial charge in [0.2, 0.25) is 5.91 Å². The van der Waals surface area contributed by atoms with E-state index in [9.17, 15) is 4.79 Å². The predicted octanol–water partition coefficient (Wildman–Crippen LogP) is -0.889. The lowest BCUT2D eigenvalue weighted by Crippen LogP contribution is -2.49. The zero-order valence-corrected chi connectivity index (χ0v) is 7.01. The molecule has 2 rings (SSSR count). The zero-order valence-electron chi connectivity index (χ0n) is 7.01. The van der Waals surface area contributed by atoms with Crippen LogP contribution in [0.1, 0.15) is 6.42 Å². The van der Waals surface area contributed by atoms with Gasteiger partial charge in [0, 0.05) is 32.0 Å². The third kappa shape index (κ3) is 1.76. The van der Waals surface area contributed by atoms with E-state index in [1.807, 2.05) is 0 Å². The first-order valence-corrected chi connectivity index (χ1v) is 4.43. The van der Waals surface area contributed by atoms with Crippen molar-refractivity contribution in [2.75, 3.05) is 26.2 Å². The molecule has 0 aromatic rings. The van der Waals surface area contributed by atoms with Crippen molar-refractivity contribution in [3.05, 3.63) is 0 Å². The Labute approximate surface area is 71.7 Å². The van der Waals surface area contributed by atoms with E-state index in [1.165, 1.54) is 0 Å². The Morgan fingerprint density at radius 1 is 1.42 bits per heavy atom. The number of hydrogen-bond donors (Lipinski definition) is 2. The molecule has 2 N–H and O–H groups in total. The number of carbonyl (C=O) groups is 1. The van der Waals surface area contributed by atoms with Crippen LogP contribution in [0.4, 0.5) is 0 Å². The summed E-state index contributed by atoms with van der Waals surface area (Å²) in [6.07, 6.45) is 1.03. The molecule has 2 aliphatic rings. The van der Waals surface area contributed by atoms with Crippen LogP contribution in [0.3, 0.4) is 0 Å². The van der Waals surface area contributed by atoms with Gasteiger partial charge in [-0.3, -0.25) is 4.79 Å². The fourth-order valence-corrected chi connectivity index (χ4v) is 1.43. The van der Waals surface area contributed by atoms with Crippen LogP contribution in [0.15, 0.2) is 0 Å². The fraction of sp³-hybridized carbons (Fsp3) is 0.875. The van der Waals surface area contributed by atoms with Crippen LogP contribution in [0.2, 0.25) is 0 Å². The highest BCUT2D eigenvalue weighted by Crippen LogP contribution is 2.11. The van der Waals surface area contributed by atoms with E-state index >= 15 is 0 Å². The molecular weight excluding hydrogens is 156 g/mol. The van der Waals surface area contributed by atoms with E-state index < -0.39 is 0 Å². The summed E-state index contributed by atoms with van der Waals surface area (Å²) in [4.78, 5) is 10.8. The maximum atomic E-state index is 10.8. The van der Waals surface area contributed by atoms with Crippen molar-refractivity contribution in [3.63, 3.8) is 0 Å². The number of nitrogens with one attached hydrogen (secondary N) is 2. The van der Waals surface area contributed by atoms with Crippen LogP contribution >= 0.6 is 0 Å². The summed E-state index contributed by atoms with van der Waals surface area (Å²) in [5.41, 5.74) is 0. The second-order valence-electron chi connectivity index (χ2n) is 3.49. The minimum absolute atomic E-state index is 0.162. The summed E-state index contributed by atoms with van der Waals surface area (Å²) in [5.74, 6) is 0.563. The van der Waals surface area contributed by atoms with E-state index in [2.05, 4.69) is 10.6 Å². The lowest BCUT2D eigenvalue weighted by molar-refractivity contribution is -0.119. The smallest absolute Gasteiger partial charge is 0.220 e. The highest BCUT2D eigenvalue weighted by molar-refractivity contribution is 5.78. The van der Waals surface area contributed by atoms with Crippen LogP contribution in [-0.2, 0) is 9.53 Å². The van der Waals surface area contributed by atoms with Crippen molar-refractivity contribution in [2.45, 2.75) is 12.5 Å². The number of carbonyl (C=O) groups excluding carboxylic acids is 1. The second kappa shape index (κ2) is 3.41. The first kappa shape index (κ1) is 8.01. The minimum atomic E-state index is 0.162. The van der Waals surface area contributed by atoms with E-state index in [0.717, 1.165) is 26.2 Å². The summed E-state index contributed by atoms with van der Waals surface area (Å²) in [6, 6.07) is 0. The highest BCUT2D eigenvalue weighted by atomic mass is 16.5. The van der Waals surface area contributed by atoms with Gasteiger partial charge in [-0.15, -0.1) is 0 Å². The van der Waals surface area contributed by atoms with Crippen molar-refractivity contribution >= 4 is 5.91 Å². The largest absolute Gasteiger partial charge is 0.375 e. The average Bonchev–Trinajstić information content (AvgIpc) is 2.32. The molecule has 0 aromatic carbocycles. The van der Waals surface area contributed by atoms with Gasteiger partial charge in [-0.05, 0) is 0 Å². The quantitative estimate of drug-likeness (QED) is 0.578. The third-order valence-corrected chi connectivity index (χ3v) is 2.37. The number of amides is 1. The molecule has 2 aliphatic heterocycles. The van der Waals surface area contributed by atoms with Crippen LogP contribution < -0.4 is 10.6 Å². The maximum absolute atomic E-state index is 10.8. The van der Waals surface area contributed by atoms with Crippen molar-refractivity contribution < 1.29 is 9.53 Å². The molecule has 68 valence electrons. The second-order valence-corrected chi connectivity index (χ2v) is 3.49. The molecule has 0 bridgehead atoms. The Morgan fingerprint density at radius 3 is 2.75 bits per heavy atom. The van der Waals surface area contributed by atoms with Crippen LogP contribution in [0, 0.1) is 5.92 Å². The fourth-order valence-electron chi connectivity index (χ4n) is 1.43. The Hall–Kier alpha value is -0.610. The molecule has 0 aromatic heterocycles. The number of rotatable bonds is 3. The van der Waals surface area contributed by atoms with Crippen molar-refractivity contribution in [1.29, 1.82) is 0 Å². The summed E-state index contributed by atoms with van der Waals surface area (Å²) < 4.78 is 5.56. The number of hydrogen-bond acceptors (Lipinski definition) is 3. The summed E-state index contributed by atoms with van der Waals surface area (Å²) >= 11 is 0. The highest BCUT2D eigenvalue weighted by Gasteiger charge is 2.24. The zero-order chi connectivity index (χ0) is 8.39. The normalized spacial score (nSPS) is 30.0. The van der Waals surface area contributed by atoms with Gasteiger partial charge in [0.1, 0.15) is 0 Å². The van der Waals surface area contributed by atoms with Gasteiger partial charge in [-0.1, -0.05) is 0 Å². The van der Waals surface area contributed by atoms with Gasteiger partial charge < -0.3 is 15.4 Å². The molecule has 0 aliphatic carbocycles. The first-order chi connectivity index (χ1) is 5.84. The van der Waals surface area contributed by atoms with Gasteiger partial charge in [0.15, 0.2) is 0 Å². The molecule has 4 nitrogen and oxygen atoms in total. The van der Waals surface area contributed by atoms with E-state index in [-0.39, 0.29) is 5.91 Å². The van der Waals surface area contributed by atoms with Crippen LogP contribution in [0.5, 0.6) is 0 Å². The first-order valence-electron chi connectivity index (χ1n) is 4.43. The Morgan fingerprint density at radius 2 is 2.25 bits per heavy atom. The molecular formula is C8H14N2O2. The number of ether oxygens (including phenoxy) is 1. The van der Waals surface area contributed by atoms with Gasteiger partial charge in [-0.25, -0.2) is 0 Å².